The average Bonchev–Trinajstić information content (AvgIpc) is 2.86. The molecule has 0 aliphatic rings. The van der Waals surface area contributed by atoms with E-state index in [2.05, 4.69) is 43.8 Å². The molecule has 0 aliphatic heterocycles. The minimum Gasteiger partial charge on any atom is -0.469 e. The zero-order valence-corrected chi connectivity index (χ0v) is 10.2. The third kappa shape index (κ3) is 2.21. The van der Waals surface area contributed by atoms with Crippen molar-refractivity contribution in [1.82, 2.24) is 4.57 Å². The minimum atomic E-state index is 0.0352. The van der Waals surface area contributed by atoms with Gasteiger partial charge in [-0.1, -0.05) is 20.8 Å². The molecule has 2 aromatic rings. The molecule has 0 fully saturated rings. The maximum absolute atomic E-state index is 5.49. The summed E-state index contributed by atoms with van der Waals surface area (Å²) < 4.78 is 7.73. The van der Waals surface area contributed by atoms with Gasteiger partial charge < -0.3 is 8.98 Å². The Morgan fingerprint density at radius 1 is 1.31 bits per heavy atom. The first-order valence-corrected chi connectivity index (χ1v) is 5.80. The average molecular weight is 217 g/mol. The summed E-state index contributed by atoms with van der Waals surface area (Å²) in [6, 6.07) is 6.17. The molecule has 0 saturated heterocycles. The highest BCUT2D eigenvalue weighted by molar-refractivity contribution is 5.14. The SMILES string of the molecule is CCc1ccn(CC(C)(C)c2ccco2)c1. The molecule has 0 spiro atoms. The molecular weight excluding hydrogens is 198 g/mol. The minimum absolute atomic E-state index is 0.0352. The highest BCUT2D eigenvalue weighted by Gasteiger charge is 2.23. The van der Waals surface area contributed by atoms with Crippen LogP contribution in [0.15, 0.2) is 41.3 Å². The van der Waals surface area contributed by atoms with E-state index in [-0.39, 0.29) is 5.41 Å². The summed E-state index contributed by atoms with van der Waals surface area (Å²) in [5.41, 5.74) is 1.42. The lowest BCUT2D eigenvalue weighted by Gasteiger charge is -2.22. The fourth-order valence-corrected chi connectivity index (χ4v) is 2.00. The molecule has 86 valence electrons. The van der Waals surface area contributed by atoms with Gasteiger partial charge in [0.2, 0.25) is 0 Å². The van der Waals surface area contributed by atoms with Gasteiger partial charge in [0.15, 0.2) is 0 Å². The summed E-state index contributed by atoms with van der Waals surface area (Å²) in [5, 5.41) is 0. The van der Waals surface area contributed by atoms with Crippen molar-refractivity contribution < 1.29 is 4.42 Å². The second-order valence-electron chi connectivity index (χ2n) is 4.91. The van der Waals surface area contributed by atoms with E-state index in [1.54, 1.807) is 6.26 Å². The van der Waals surface area contributed by atoms with Crippen LogP contribution in [0, 0.1) is 0 Å². The van der Waals surface area contributed by atoms with E-state index in [0.29, 0.717) is 0 Å². The Hall–Kier alpha value is -1.44. The van der Waals surface area contributed by atoms with E-state index >= 15 is 0 Å². The van der Waals surface area contributed by atoms with Gasteiger partial charge in [-0.25, -0.2) is 0 Å². The molecule has 2 rings (SSSR count). The molecule has 0 aromatic carbocycles. The number of aryl methyl sites for hydroxylation is 1. The Bertz CT molecular complexity index is 437. The molecule has 0 aliphatic carbocycles. The fourth-order valence-electron chi connectivity index (χ4n) is 2.00. The summed E-state index contributed by atoms with van der Waals surface area (Å²) in [4.78, 5) is 0. The summed E-state index contributed by atoms with van der Waals surface area (Å²) in [5.74, 6) is 1.04. The zero-order valence-electron chi connectivity index (χ0n) is 10.2. The van der Waals surface area contributed by atoms with Crippen LogP contribution in [0.5, 0.6) is 0 Å². The van der Waals surface area contributed by atoms with E-state index in [1.165, 1.54) is 5.56 Å². The van der Waals surface area contributed by atoms with Gasteiger partial charge in [-0.2, -0.15) is 0 Å². The van der Waals surface area contributed by atoms with Crippen molar-refractivity contribution in [2.24, 2.45) is 0 Å². The zero-order chi connectivity index (χ0) is 11.6. The van der Waals surface area contributed by atoms with Crippen molar-refractivity contribution in [2.75, 3.05) is 0 Å². The van der Waals surface area contributed by atoms with Crippen LogP contribution >= 0.6 is 0 Å². The van der Waals surface area contributed by atoms with E-state index in [1.807, 2.05) is 12.1 Å². The first kappa shape index (κ1) is 11.1. The third-order valence-electron chi connectivity index (χ3n) is 2.99. The molecule has 0 atom stereocenters. The molecule has 0 radical (unpaired) electrons. The van der Waals surface area contributed by atoms with Gasteiger partial charge in [-0.3, -0.25) is 0 Å². The van der Waals surface area contributed by atoms with Gasteiger partial charge in [0, 0.05) is 24.4 Å². The van der Waals surface area contributed by atoms with E-state index < -0.39 is 0 Å². The topological polar surface area (TPSA) is 18.1 Å². The van der Waals surface area contributed by atoms with Gasteiger partial charge in [0.1, 0.15) is 5.76 Å². The van der Waals surface area contributed by atoms with Crippen molar-refractivity contribution in [3.63, 3.8) is 0 Å². The normalized spacial score (nSPS) is 11.9. The molecule has 0 amide bonds. The van der Waals surface area contributed by atoms with Crippen LogP contribution in [-0.4, -0.2) is 4.57 Å². The van der Waals surface area contributed by atoms with Gasteiger partial charge >= 0.3 is 0 Å². The van der Waals surface area contributed by atoms with Gasteiger partial charge in [-0.15, -0.1) is 0 Å². The highest BCUT2D eigenvalue weighted by atomic mass is 16.3. The van der Waals surface area contributed by atoms with E-state index in [4.69, 9.17) is 4.42 Å². The predicted octanol–water partition coefficient (Wildman–Crippen LogP) is 3.62. The number of rotatable bonds is 4. The molecule has 0 bridgehead atoms. The number of nitrogens with zero attached hydrogens (tertiary/aromatic N) is 1. The third-order valence-corrected chi connectivity index (χ3v) is 2.99. The standard InChI is InChI=1S/C14H19NO/c1-4-12-7-8-15(10-12)11-14(2,3)13-6-5-9-16-13/h5-10H,4,11H2,1-3H3. The second kappa shape index (κ2) is 4.20. The molecular formula is C14H19NO. The van der Waals surface area contributed by atoms with Crippen LogP contribution in [0.1, 0.15) is 32.1 Å². The molecule has 0 saturated carbocycles. The lowest BCUT2D eigenvalue weighted by atomic mass is 9.90. The van der Waals surface area contributed by atoms with Crippen molar-refractivity contribution in [2.45, 2.75) is 39.2 Å². The first-order chi connectivity index (χ1) is 7.62. The Morgan fingerprint density at radius 2 is 2.12 bits per heavy atom. The molecule has 2 heteroatoms. The van der Waals surface area contributed by atoms with Crippen molar-refractivity contribution in [3.8, 4) is 0 Å². The molecule has 0 N–H and O–H groups in total. The van der Waals surface area contributed by atoms with Gasteiger partial charge in [0.05, 0.1) is 6.26 Å². The summed E-state index contributed by atoms with van der Waals surface area (Å²) in [7, 11) is 0. The Labute approximate surface area is 96.9 Å². The van der Waals surface area contributed by atoms with Crippen LogP contribution in [0.2, 0.25) is 0 Å². The summed E-state index contributed by atoms with van der Waals surface area (Å²) in [6.07, 6.45) is 7.19. The Morgan fingerprint density at radius 3 is 2.69 bits per heavy atom. The summed E-state index contributed by atoms with van der Waals surface area (Å²) in [6.45, 7) is 7.53. The molecule has 16 heavy (non-hydrogen) atoms. The Balaban J connectivity index is 2.14. The Kier molecular flexibility index (Phi) is 2.90. The van der Waals surface area contributed by atoms with Crippen LogP contribution in [0.4, 0.5) is 0 Å². The number of aromatic nitrogens is 1. The lowest BCUT2D eigenvalue weighted by Crippen LogP contribution is -2.23. The van der Waals surface area contributed by atoms with Gasteiger partial charge in [0.25, 0.3) is 0 Å². The molecule has 2 aromatic heterocycles. The maximum atomic E-state index is 5.49. The van der Waals surface area contributed by atoms with Gasteiger partial charge in [-0.05, 0) is 30.2 Å². The van der Waals surface area contributed by atoms with Crippen molar-refractivity contribution in [1.29, 1.82) is 0 Å². The highest BCUT2D eigenvalue weighted by Crippen LogP contribution is 2.25. The van der Waals surface area contributed by atoms with Crippen LogP contribution in [0.3, 0.4) is 0 Å². The molecule has 2 nitrogen and oxygen atoms in total. The number of hydrogen-bond acceptors (Lipinski definition) is 1. The number of furan rings is 1. The largest absolute Gasteiger partial charge is 0.469 e. The number of hydrogen-bond donors (Lipinski definition) is 0. The van der Waals surface area contributed by atoms with Crippen LogP contribution < -0.4 is 0 Å². The summed E-state index contributed by atoms with van der Waals surface area (Å²) >= 11 is 0. The van der Waals surface area contributed by atoms with E-state index in [9.17, 15) is 0 Å². The fraction of sp³-hybridized carbons (Fsp3) is 0.429. The smallest absolute Gasteiger partial charge is 0.111 e. The lowest BCUT2D eigenvalue weighted by molar-refractivity contribution is 0.343. The first-order valence-electron chi connectivity index (χ1n) is 5.80. The van der Waals surface area contributed by atoms with Crippen molar-refractivity contribution in [3.05, 3.63) is 48.2 Å². The van der Waals surface area contributed by atoms with Crippen LogP contribution in [0.25, 0.3) is 0 Å². The monoisotopic (exact) mass is 217 g/mol. The molecule has 0 unspecified atom stereocenters. The molecule has 2 heterocycles. The maximum Gasteiger partial charge on any atom is 0.111 e. The predicted molar refractivity (Wildman–Crippen MR) is 65.5 cm³/mol. The second-order valence-corrected chi connectivity index (χ2v) is 4.91. The van der Waals surface area contributed by atoms with E-state index in [0.717, 1.165) is 18.7 Å². The quantitative estimate of drug-likeness (QED) is 0.765. The van der Waals surface area contributed by atoms with Crippen molar-refractivity contribution >= 4 is 0 Å². The van der Waals surface area contributed by atoms with Crippen LogP contribution in [-0.2, 0) is 18.4 Å².